The van der Waals surface area contributed by atoms with Crippen LogP contribution in [0.4, 0.5) is 0 Å². The molecule has 1 aromatic carbocycles. The van der Waals surface area contributed by atoms with Crippen molar-refractivity contribution in [1.29, 1.82) is 0 Å². The van der Waals surface area contributed by atoms with E-state index in [1.165, 1.54) is 12.1 Å². The number of carboxylic acids is 1. The summed E-state index contributed by atoms with van der Waals surface area (Å²) >= 11 is 0. The minimum atomic E-state index is -0.975. The van der Waals surface area contributed by atoms with Gasteiger partial charge in [0.05, 0.1) is 24.9 Å². The Hall–Kier alpha value is -1.75. The normalized spacial score (nSPS) is 28.4. The van der Waals surface area contributed by atoms with Crippen molar-refractivity contribution in [2.75, 3.05) is 7.11 Å². The van der Waals surface area contributed by atoms with E-state index in [0.29, 0.717) is 17.6 Å². The fourth-order valence-corrected chi connectivity index (χ4v) is 2.78. The van der Waals surface area contributed by atoms with E-state index in [1.807, 2.05) is 0 Å². The van der Waals surface area contributed by atoms with Gasteiger partial charge in [0.2, 0.25) is 0 Å². The quantitative estimate of drug-likeness (QED) is 0.902. The molecule has 5 nitrogen and oxygen atoms in total. The second kappa shape index (κ2) is 4.74. The van der Waals surface area contributed by atoms with E-state index in [0.717, 1.165) is 19.3 Å². The first-order chi connectivity index (χ1) is 9.17. The molecule has 0 spiro atoms. The summed E-state index contributed by atoms with van der Waals surface area (Å²) in [5.74, 6) is 0.0491. The Kier molecular flexibility index (Phi) is 3.06. The van der Waals surface area contributed by atoms with Crippen LogP contribution in [0.15, 0.2) is 18.2 Å². The minimum absolute atomic E-state index is 0.00306. The van der Waals surface area contributed by atoms with Gasteiger partial charge in [-0.3, -0.25) is 0 Å². The molecule has 0 aromatic heterocycles. The molecule has 0 aliphatic carbocycles. The van der Waals surface area contributed by atoms with Gasteiger partial charge in [-0.15, -0.1) is 0 Å². The fourth-order valence-electron chi connectivity index (χ4n) is 2.78. The van der Waals surface area contributed by atoms with Gasteiger partial charge in [0.25, 0.3) is 0 Å². The molecule has 0 saturated carbocycles. The predicted octanol–water partition coefficient (Wildman–Crippen LogP) is 2.09. The van der Waals surface area contributed by atoms with Gasteiger partial charge in [-0.1, -0.05) is 0 Å². The van der Waals surface area contributed by atoms with Gasteiger partial charge in [0.15, 0.2) is 11.5 Å². The Morgan fingerprint density at radius 1 is 1.37 bits per heavy atom. The molecule has 2 bridgehead atoms. The van der Waals surface area contributed by atoms with Crippen molar-refractivity contribution in [3.05, 3.63) is 23.8 Å². The molecule has 1 aromatic rings. The van der Waals surface area contributed by atoms with Gasteiger partial charge >= 0.3 is 5.97 Å². The highest BCUT2D eigenvalue weighted by molar-refractivity contribution is 5.88. The third-order valence-corrected chi connectivity index (χ3v) is 3.74. The molecular weight excluding hydrogens is 248 g/mol. The van der Waals surface area contributed by atoms with Crippen LogP contribution in [-0.4, -0.2) is 36.5 Å². The highest BCUT2D eigenvalue weighted by Crippen LogP contribution is 2.38. The van der Waals surface area contributed by atoms with Crippen LogP contribution in [0.25, 0.3) is 0 Å². The van der Waals surface area contributed by atoms with Crippen molar-refractivity contribution in [2.24, 2.45) is 0 Å². The number of carbonyl (C=O) groups is 1. The number of fused-ring (bicyclic) bond motifs is 2. The molecular formula is C14H16O5. The second-order valence-electron chi connectivity index (χ2n) is 4.94. The molecule has 2 aliphatic rings. The smallest absolute Gasteiger partial charge is 0.335 e. The van der Waals surface area contributed by atoms with Crippen molar-refractivity contribution in [3.8, 4) is 11.5 Å². The summed E-state index contributed by atoms with van der Waals surface area (Å²) in [5.41, 5.74) is 0.194. The molecule has 3 rings (SSSR count). The SMILES string of the molecule is COc1ccc(C(=O)O)cc1OC1CC2CCC1O2. The molecule has 19 heavy (non-hydrogen) atoms. The number of hydrogen-bond donors (Lipinski definition) is 1. The third kappa shape index (κ3) is 2.26. The lowest BCUT2D eigenvalue weighted by molar-refractivity contribution is 0.0626. The van der Waals surface area contributed by atoms with Gasteiger partial charge in [-0.2, -0.15) is 0 Å². The number of rotatable bonds is 4. The second-order valence-corrected chi connectivity index (χ2v) is 4.94. The van der Waals surface area contributed by atoms with E-state index in [-0.39, 0.29) is 17.8 Å². The van der Waals surface area contributed by atoms with Crippen LogP contribution in [0.1, 0.15) is 29.6 Å². The number of ether oxygens (including phenoxy) is 3. The van der Waals surface area contributed by atoms with E-state index < -0.39 is 5.97 Å². The van der Waals surface area contributed by atoms with Crippen LogP contribution in [0.3, 0.4) is 0 Å². The number of hydrogen-bond acceptors (Lipinski definition) is 4. The van der Waals surface area contributed by atoms with Gasteiger partial charge < -0.3 is 19.3 Å². The maximum Gasteiger partial charge on any atom is 0.335 e. The summed E-state index contributed by atoms with van der Waals surface area (Å²) in [7, 11) is 1.54. The first-order valence-corrected chi connectivity index (χ1v) is 6.41. The summed E-state index contributed by atoms with van der Waals surface area (Å²) in [6.45, 7) is 0. The first kappa shape index (κ1) is 12.3. The highest BCUT2D eigenvalue weighted by Gasteiger charge is 2.42. The lowest BCUT2D eigenvalue weighted by Gasteiger charge is -2.21. The average Bonchev–Trinajstić information content (AvgIpc) is 3.01. The van der Waals surface area contributed by atoms with Gasteiger partial charge in [0.1, 0.15) is 6.10 Å². The largest absolute Gasteiger partial charge is 0.493 e. The predicted molar refractivity (Wildman–Crippen MR) is 66.9 cm³/mol. The number of aromatic carboxylic acids is 1. The van der Waals surface area contributed by atoms with Crippen molar-refractivity contribution >= 4 is 5.97 Å². The zero-order chi connectivity index (χ0) is 13.4. The van der Waals surface area contributed by atoms with E-state index in [4.69, 9.17) is 19.3 Å². The Bertz CT molecular complexity index is 499. The maximum atomic E-state index is 11.0. The zero-order valence-corrected chi connectivity index (χ0v) is 10.7. The Balaban J connectivity index is 1.82. The summed E-state index contributed by atoms with van der Waals surface area (Å²) < 4.78 is 16.8. The van der Waals surface area contributed by atoms with Crippen molar-refractivity contribution in [2.45, 2.75) is 37.6 Å². The molecule has 5 heteroatoms. The van der Waals surface area contributed by atoms with Crippen LogP contribution in [0.2, 0.25) is 0 Å². The molecule has 2 heterocycles. The van der Waals surface area contributed by atoms with E-state index in [2.05, 4.69) is 0 Å². The standard InChI is InChI=1S/C14H16O5/c1-17-10-4-2-8(14(15)16)6-12(10)19-13-7-9-3-5-11(13)18-9/h2,4,6,9,11,13H,3,5,7H2,1H3,(H,15,16). The van der Waals surface area contributed by atoms with E-state index in [9.17, 15) is 4.79 Å². The Labute approximate surface area is 111 Å². The minimum Gasteiger partial charge on any atom is -0.493 e. The zero-order valence-electron chi connectivity index (χ0n) is 10.7. The molecule has 3 atom stereocenters. The van der Waals surface area contributed by atoms with Crippen LogP contribution >= 0.6 is 0 Å². The van der Waals surface area contributed by atoms with E-state index in [1.54, 1.807) is 13.2 Å². The summed E-state index contributed by atoms with van der Waals surface area (Å²) in [6.07, 6.45) is 3.39. The number of carboxylic acid groups (broad SMARTS) is 1. The van der Waals surface area contributed by atoms with Crippen molar-refractivity contribution in [3.63, 3.8) is 0 Å². The molecule has 2 fully saturated rings. The van der Waals surface area contributed by atoms with Crippen molar-refractivity contribution in [1.82, 2.24) is 0 Å². The molecule has 3 unspecified atom stereocenters. The molecule has 0 amide bonds. The van der Waals surface area contributed by atoms with Gasteiger partial charge in [-0.05, 0) is 31.0 Å². The molecule has 0 radical (unpaired) electrons. The Morgan fingerprint density at radius 3 is 2.79 bits per heavy atom. The topological polar surface area (TPSA) is 65.0 Å². The fraction of sp³-hybridized carbons (Fsp3) is 0.500. The van der Waals surface area contributed by atoms with E-state index >= 15 is 0 Å². The lowest BCUT2D eigenvalue weighted by atomic mass is 9.98. The van der Waals surface area contributed by atoms with Crippen LogP contribution < -0.4 is 9.47 Å². The number of benzene rings is 1. The van der Waals surface area contributed by atoms with Gasteiger partial charge in [-0.25, -0.2) is 4.79 Å². The van der Waals surface area contributed by atoms with Crippen LogP contribution in [0, 0.1) is 0 Å². The maximum absolute atomic E-state index is 11.0. The monoisotopic (exact) mass is 264 g/mol. The lowest BCUT2D eigenvalue weighted by Crippen LogP contribution is -2.28. The highest BCUT2D eigenvalue weighted by atomic mass is 16.6. The third-order valence-electron chi connectivity index (χ3n) is 3.74. The van der Waals surface area contributed by atoms with Gasteiger partial charge in [0, 0.05) is 6.42 Å². The molecule has 2 aliphatic heterocycles. The number of methoxy groups -OCH3 is 1. The molecule has 2 saturated heterocycles. The summed E-state index contributed by atoms with van der Waals surface area (Å²) in [4.78, 5) is 11.0. The van der Waals surface area contributed by atoms with Crippen molar-refractivity contribution < 1.29 is 24.1 Å². The summed E-state index contributed by atoms with van der Waals surface area (Å²) in [6, 6.07) is 4.63. The summed E-state index contributed by atoms with van der Waals surface area (Å²) in [5, 5.41) is 9.02. The Morgan fingerprint density at radius 2 is 2.21 bits per heavy atom. The molecule has 102 valence electrons. The molecule has 1 N–H and O–H groups in total. The first-order valence-electron chi connectivity index (χ1n) is 6.41. The average molecular weight is 264 g/mol. The van der Waals surface area contributed by atoms with Crippen LogP contribution in [0.5, 0.6) is 11.5 Å². The van der Waals surface area contributed by atoms with Crippen LogP contribution in [-0.2, 0) is 4.74 Å².